The maximum absolute atomic E-state index is 13.0. The number of amides is 3. The molecule has 2 aromatic carbocycles. The predicted octanol–water partition coefficient (Wildman–Crippen LogP) is 4.61. The van der Waals surface area contributed by atoms with Crippen LogP contribution in [0.4, 0.5) is 5.69 Å². The van der Waals surface area contributed by atoms with Crippen LogP contribution in [0.2, 0.25) is 5.02 Å². The molecule has 0 radical (unpaired) electrons. The first-order valence-electron chi connectivity index (χ1n) is 11.1. The molecule has 0 bridgehead atoms. The molecular weight excluding hydrogens is 426 g/mol. The highest BCUT2D eigenvalue weighted by atomic mass is 35.5. The number of carbonyl (C=O) groups is 3. The van der Waals surface area contributed by atoms with Gasteiger partial charge in [-0.25, -0.2) is 0 Å². The van der Waals surface area contributed by atoms with Gasteiger partial charge in [-0.15, -0.1) is 0 Å². The van der Waals surface area contributed by atoms with E-state index in [4.69, 9.17) is 11.6 Å². The van der Waals surface area contributed by atoms with Gasteiger partial charge in [-0.3, -0.25) is 14.4 Å². The number of piperidine rings is 1. The highest BCUT2D eigenvalue weighted by Crippen LogP contribution is 2.21. The fraction of sp³-hybridized carbons (Fsp3) is 0.400. The smallest absolute Gasteiger partial charge is 0.255 e. The van der Waals surface area contributed by atoms with Crippen LogP contribution < -0.4 is 10.6 Å². The number of anilines is 1. The van der Waals surface area contributed by atoms with Gasteiger partial charge in [-0.2, -0.15) is 0 Å². The van der Waals surface area contributed by atoms with E-state index < -0.39 is 0 Å². The van der Waals surface area contributed by atoms with Crippen molar-refractivity contribution in [2.24, 2.45) is 11.8 Å². The summed E-state index contributed by atoms with van der Waals surface area (Å²) < 4.78 is 0. The molecular formula is C25H30ClN3O3. The molecule has 0 atom stereocenters. The Morgan fingerprint density at radius 2 is 1.72 bits per heavy atom. The second kappa shape index (κ2) is 11.1. The Bertz CT molecular complexity index is 951. The largest absolute Gasteiger partial charge is 0.356 e. The lowest BCUT2D eigenvalue weighted by Crippen LogP contribution is -2.43. The standard InChI is InChI=1S/C25H30ClN3O3/c1-17(2)10-13-27-23(30)19-11-14-29(15-12-19)25(32)20-4-3-5-22(16-20)28-24(31)18-6-8-21(26)9-7-18/h3-9,16-17,19H,10-15H2,1-2H3,(H,27,30)(H,28,31). The van der Waals surface area contributed by atoms with Crippen LogP contribution in [0.1, 0.15) is 53.8 Å². The normalized spacial score (nSPS) is 14.3. The summed E-state index contributed by atoms with van der Waals surface area (Å²) in [5.41, 5.74) is 1.55. The van der Waals surface area contributed by atoms with Crippen molar-refractivity contribution >= 4 is 35.0 Å². The SMILES string of the molecule is CC(C)CCNC(=O)C1CCN(C(=O)c2cccc(NC(=O)c3ccc(Cl)cc3)c2)CC1. The van der Waals surface area contributed by atoms with Gasteiger partial charge < -0.3 is 15.5 Å². The Balaban J connectivity index is 1.54. The highest BCUT2D eigenvalue weighted by Gasteiger charge is 2.27. The second-order valence-corrected chi connectivity index (χ2v) is 9.02. The molecule has 1 saturated heterocycles. The number of benzene rings is 2. The summed E-state index contributed by atoms with van der Waals surface area (Å²) >= 11 is 5.87. The van der Waals surface area contributed by atoms with E-state index >= 15 is 0 Å². The molecule has 3 amide bonds. The van der Waals surface area contributed by atoms with Crippen molar-refractivity contribution in [3.8, 4) is 0 Å². The highest BCUT2D eigenvalue weighted by molar-refractivity contribution is 6.30. The lowest BCUT2D eigenvalue weighted by molar-refractivity contribution is -0.126. The Kier molecular flexibility index (Phi) is 8.28. The number of hydrogen-bond acceptors (Lipinski definition) is 3. The van der Waals surface area contributed by atoms with Crippen LogP contribution in [-0.4, -0.2) is 42.3 Å². The molecule has 2 N–H and O–H groups in total. The maximum Gasteiger partial charge on any atom is 0.255 e. The molecule has 0 spiro atoms. The molecule has 32 heavy (non-hydrogen) atoms. The fourth-order valence-corrected chi connectivity index (χ4v) is 3.82. The van der Waals surface area contributed by atoms with Crippen molar-refractivity contribution in [1.29, 1.82) is 0 Å². The number of carbonyl (C=O) groups excluding carboxylic acids is 3. The zero-order valence-corrected chi connectivity index (χ0v) is 19.3. The Labute approximate surface area is 194 Å². The zero-order chi connectivity index (χ0) is 23.1. The molecule has 0 aromatic heterocycles. The Hall–Kier alpha value is -2.86. The third-order valence-corrected chi connectivity index (χ3v) is 5.90. The Morgan fingerprint density at radius 3 is 2.38 bits per heavy atom. The molecule has 6 nitrogen and oxygen atoms in total. The summed E-state index contributed by atoms with van der Waals surface area (Å²) in [4.78, 5) is 39.5. The van der Waals surface area contributed by atoms with Crippen molar-refractivity contribution < 1.29 is 14.4 Å². The van der Waals surface area contributed by atoms with Gasteiger partial charge in [0, 0.05) is 47.4 Å². The first-order valence-corrected chi connectivity index (χ1v) is 11.4. The third-order valence-electron chi connectivity index (χ3n) is 5.65. The molecule has 1 fully saturated rings. The predicted molar refractivity (Wildman–Crippen MR) is 127 cm³/mol. The molecule has 2 aromatic rings. The van der Waals surface area contributed by atoms with Crippen molar-refractivity contribution in [2.45, 2.75) is 33.1 Å². The van der Waals surface area contributed by atoms with Crippen molar-refractivity contribution in [1.82, 2.24) is 10.2 Å². The maximum atomic E-state index is 13.0. The van der Waals surface area contributed by atoms with E-state index in [2.05, 4.69) is 24.5 Å². The third kappa shape index (κ3) is 6.57. The van der Waals surface area contributed by atoms with Crippen molar-refractivity contribution in [2.75, 3.05) is 25.0 Å². The molecule has 1 aliphatic rings. The van der Waals surface area contributed by atoms with Gasteiger partial charge in [-0.05, 0) is 67.6 Å². The molecule has 0 unspecified atom stereocenters. The summed E-state index contributed by atoms with van der Waals surface area (Å²) in [6, 6.07) is 13.5. The Morgan fingerprint density at radius 1 is 1.03 bits per heavy atom. The van der Waals surface area contributed by atoms with Gasteiger partial charge in [-0.1, -0.05) is 31.5 Å². The van der Waals surface area contributed by atoms with E-state index in [0.29, 0.717) is 60.2 Å². The molecule has 0 aliphatic carbocycles. The van der Waals surface area contributed by atoms with E-state index in [0.717, 1.165) is 6.42 Å². The topological polar surface area (TPSA) is 78.5 Å². The van der Waals surface area contributed by atoms with Crippen LogP contribution in [0.3, 0.4) is 0 Å². The lowest BCUT2D eigenvalue weighted by atomic mass is 9.95. The van der Waals surface area contributed by atoms with Gasteiger partial charge in [0.1, 0.15) is 0 Å². The van der Waals surface area contributed by atoms with Gasteiger partial charge in [0.05, 0.1) is 0 Å². The van der Waals surface area contributed by atoms with Gasteiger partial charge in [0.25, 0.3) is 11.8 Å². The minimum Gasteiger partial charge on any atom is -0.356 e. The minimum absolute atomic E-state index is 0.0452. The first kappa shape index (κ1) is 23.8. The molecule has 170 valence electrons. The van der Waals surface area contributed by atoms with E-state index in [1.54, 1.807) is 53.4 Å². The van der Waals surface area contributed by atoms with Crippen molar-refractivity contribution in [3.63, 3.8) is 0 Å². The number of hydrogen-bond donors (Lipinski definition) is 2. The van der Waals surface area contributed by atoms with Crippen LogP contribution in [0.5, 0.6) is 0 Å². The summed E-state index contributed by atoms with van der Waals surface area (Å²) in [6.45, 7) is 6.05. The summed E-state index contributed by atoms with van der Waals surface area (Å²) in [6.07, 6.45) is 2.28. The average molecular weight is 456 g/mol. The quantitative estimate of drug-likeness (QED) is 0.640. The zero-order valence-electron chi connectivity index (χ0n) is 18.6. The first-order chi connectivity index (χ1) is 15.3. The second-order valence-electron chi connectivity index (χ2n) is 8.58. The van der Waals surface area contributed by atoms with Crippen molar-refractivity contribution in [3.05, 3.63) is 64.7 Å². The van der Waals surface area contributed by atoms with Crippen LogP contribution in [0.15, 0.2) is 48.5 Å². The minimum atomic E-state index is -0.268. The van der Waals surface area contributed by atoms with Crippen LogP contribution in [0.25, 0.3) is 0 Å². The molecule has 3 rings (SSSR count). The number of halogens is 1. The molecule has 1 heterocycles. The number of nitrogens with one attached hydrogen (secondary N) is 2. The van der Waals surface area contributed by atoms with Crippen LogP contribution in [0, 0.1) is 11.8 Å². The van der Waals surface area contributed by atoms with Crippen LogP contribution in [-0.2, 0) is 4.79 Å². The molecule has 7 heteroatoms. The van der Waals surface area contributed by atoms with E-state index in [1.165, 1.54) is 0 Å². The summed E-state index contributed by atoms with van der Waals surface area (Å²) in [5, 5.41) is 6.39. The number of likely N-dealkylation sites (tertiary alicyclic amines) is 1. The lowest BCUT2D eigenvalue weighted by Gasteiger charge is -2.31. The summed E-state index contributed by atoms with van der Waals surface area (Å²) in [7, 11) is 0. The molecule has 1 aliphatic heterocycles. The van der Waals surface area contributed by atoms with E-state index in [1.807, 2.05) is 0 Å². The molecule has 0 saturated carbocycles. The average Bonchev–Trinajstić information content (AvgIpc) is 2.79. The number of nitrogens with zero attached hydrogens (tertiary/aromatic N) is 1. The van der Waals surface area contributed by atoms with E-state index in [-0.39, 0.29) is 23.6 Å². The summed E-state index contributed by atoms with van der Waals surface area (Å²) in [5.74, 6) is 0.240. The monoisotopic (exact) mass is 455 g/mol. The van der Waals surface area contributed by atoms with Gasteiger partial charge in [0.15, 0.2) is 0 Å². The van der Waals surface area contributed by atoms with Gasteiger partial charge >= 0.3 is 0 Å². The fourth-order valence-electron chi connectivity index (χ4n) is 3.69. The van der Waals surface area contributed by atoms with Gasteiger partial charge in [0.2, 0.25) is 5.91 Å². The van der Waals surface area contributed by atoms with E-state index in [9.17, 15) is 14.4 Å². The van der Waals surface area contributed by atoms with Crippen LogP contribution >= 0.6 is 11.6 Å². The number of rotatable bonds is 7.